The summed E-state index contributed by atoms with van der Waals surface area (Å²) in [5, 5.41) is 0.665. The van der Waals surface area contributed by atoms with E-state index in [1.807, 2.05) is 0 Å². The molecule has 1 aliphatic heterocycles. The molecule has 0 bridgehead atoms. The molecule has 3 heterocycles. The van der Waals surface area contributed by atoms with E-state index in [4.69, 9.17) is 20.8 Å². The second kappa shape index (κ2) is 7.62. The minimum absolute atomic E-state index is 0.0440. The highest BCUT2D eigenvalue weighted by molar-refractivity contribution is 6.31. The Morgan fingerprint density at radius 2 is 1.88 bits per heavy atom. The molecule has 4 aromatic rings. The summed E-state index contributed by atoms with van der Waals surface area (Å²) in [6.07, 6.45) is 1.56. The normalized spacial score (nSPS) is 15.1. The van der Waals surface area contributed by atoms with Gasteiger partial charge >= 0.3 is 5.97 Å². The summed E-state index contributed by atoms with van der Waals surface area (Å²) in [5.41, 5.74) is 1.08. The van der Waals surface area contributed by atoms with Gasteiger partial charge in [-0.1, -0.05) is 29.8 Å². The van der Waals surface area contributed by atoms with E-state index in [2.05, 4.69) is 4.98 Å². The number of aromatic nitrogens is 1. The standard InChI is InChI=1S/C24H15ClN2O5/c1-31-24(30)14-7-5-13(6-8-14)20-19-21(28)16-12-15(25)9-10-17(16)32-22(19)23(29)27(20)18-4-2-3-11-26-18/h2-12,20H,1H3. The van der Waals surface area contributed by atoms with Crippen molar-refractivity contribution in [3.8, 4) is 0 Å². The number of nitrogens with zero attached hydrogens (tertiary/aromatic N) is 2. The number of pyridine rings is 1. The number of esters is 1. The zero-order chi connectivity index (χ0) is 22.4. The second-order valence-corrected chi connectivity index (χ2v) is 7.63. The maximum atomic E-state index is 13.5. The lowest BCUT2D eigenvalue weighted by molar-refractivity contribution is 0.0600. The Bertz CT molecular complexity index is 1430. The van der Waals surface area contributed by atoms with Crippen molar-refractivity contribution in [2.75, 3.05) is 12.0 Å². The van der Waals surface area contributed by atoms with Gasteiger partial charge in [0.05, 0.1) is 29.7 Å². The maximum absolute atomic E-state index is 13.5. The third-order valence-corrected chi connectivity index (χ3v) is 5.61. The van der Waals surface area contributed by atoms with Crippen LogP contribution in [0.3, 0.4) is 0 Å². The molecule has 1 unspecified atom stereocenters. The van der Waals surface area contributed by atoms with Crippen LogP contribution in [0, 0.1) is 0 Å². The molecule has 0 radical (unpaired) electrons. The first-order valence-electron chi connectivity index (χ1n) is 9.68. The molecule has 0 N–H and O–H groups in total. The predicted molar refractivity (Wildman–Crippen MR) is 118 cm³/mol. The fraction of sp³-hybridized carbons (Fsp3) is 0.0833. The number of hydrogen-bond donors (Lipinski definition) is 0. The van der Waals surface area contributed by atoms with Gasteiger partial charge in [-0.05, 0) is 48.0 Å². The van der Waals surface area contributed by atoms with E-state index in [-0.39, 0.29) is 27.7 Å². The van der Waals surface area contributed by atoms with Crippen LogP contribution in [-0.4, -0.2) is 24.0 Å². The molecule has 2 aromatic carbocycles. The molecule has 2 aromatic heterocycles. The average molecular weight is 447 g/mol. The van der Waals surface area contributed by atoms with Gasteiger partial charge < -0.3 is 9.15 Å². The summed E-state index contributed by atoms with van der Waals surface area (Å²) in [6.45, 7) is 0. The van der Waals surface area contributed by atoms with E-state index < -0.39 is 17.9 Å². The number of carbonyl (C=O) groups is 2. The van der Waals surface area contributed by atoms with Crippen LogP contribution < -0.4 is 10.3 Å². The second-order valence-electron chi connectivity index (χ2n) is 7.19. The third-order valence-electron chi connectivity index (χ3n) is 5.38. The van der Waals surface area contributed by atoms with Gasteiger partial charge in [0.25, 0.3) is 5.91 Å². The van der Waals surface area contributed by atoms with Crippen LogP contribution in [0.1, 0.15) is 38.1 Å². The summed E-state index contributed by atoms with van der Waals surface area (Å²) in [4.78, 5) is 44.5. The van der Waals surface area contributed by atoms with E-state index in [9.17, 15) is 14.4 Å². The molecule has 1 amide bonds. The SMILES string of the molecule is COC(=O)c1ccc(C2c3c(oc4ccc(Cl)cc4c3=O)C(=O)N2c2ccccn2)cc1. The first-order chi connectivity index (χ1) is 15.5. The Balaban J connectivity index is 1.76. The Morgan fingerprint density at radius 3 is 2.56 bits per heavy atom. The van der Waals surface area contributed by atoms with Crippen LogP contribution >= 0.6 is 11.6 Å². The fourth-order valence-corrected chi connectivity index (χ4v) is 4.08. The number of hydrogen-bond acceptors (Lipinski definition) is 6. The van der Waals surface area contributed by atoms with Gasteiger partial charge in [0.15, 0.2) is 5.43 Å². The first-order valence-corrected chi connectivity index (χ1v) is 10.1. The van der Waals surface area contributed by atoms with Crippen LogP contribution in [0.4, 0.5) is 5.82 Å². The summed E-state index contributed by atoms with van der Waals surface area (Å²) >= 11 is 6.10. The highest BCUT2D eigenvalue weighted by Gasteiger charge is 2.44. The molecular formula is C24H15ClN2O5. The number of ether oxygens (including phenoxy) is 1. The number of halogens is 1. The summed E-state index contributed by atoms with van der Waals surface area (Å²) in [7, 11) is 1.30. The molecule has 1 atom stereocenters. The lowest BCUT2D eigenvalue weighted by Crippen LogP contribution is -2.30. The van der Waals surface area contributed by atoms with Crippen LogP contribution in [0.5, 0.6) is 0 Å². The number of amides is 1. The lowest BCUT2D eigenvalue weighted by Gasteiger charge is -2.24. The molecule has 0 aliphatic carbocycles. The van der Waals surface area contributed by atoms with E-state index in [1.54, 1.807) is 60.8 Å². The molecule has 8 heteroatoms. The number of fused-ring (bicyclic) bond motifs is 2. The minimum Gasteiger partial charge on any atom is -0.465 e. The van der Waals surface area contributed by atoms with Crippen molar-refractivity contribution >= 4 is 40.3 Å². The quantitative estimate of drug-likeness (QED) is 0.434. The van der Waals surface area contributed by atoms with E-state index in [0.717, 1.165) is 0 Å². The van der Waals surface area contributed by atoms with Gasteiger partial charge in [-0.25, -0.2) is 9.78 Å². The van der Waals surface area contributed by atoms with Crippen molar-refractivity contribution in [3.05, 3.63) is 105 Å². The molecule has 0 saturated heterocycles. The van der Waals surface area contributed by atoms with Gasteiger partial charge in [-0.2, -0.15) is 0 Å². The van der Waals surface area contributed by atoms with Crippen molar-refractivity contribution in [3.63, 3.8) is 0 Å². The molecule has 0 spiro atoms. The zero-order valence-electron chi connectivity index (χ0n) is 16.7. The van der Waals surface area contributed by atoms with Crippen LogP contribution in [0.2, 0.25) is 5.02 Å². The number of anilines is 1. The largest absolute Gasteiger partial charge is 0.465 e. The molecule has 0 saturated carbocycles. The van der Waals surface area contributed by atoms with Gasteiger partial charge in [0.1, 0.15) is 11.4 Å². The van der Waals surface area contributed by atoms with Crippen molar-refractivity contribution < 1.29 is 18.7 Å². The fourth-order valence-electron chi connectivity index (χ4n) is 3.91. The van der Waals surface area contributed by atoms with Crippen molar-refractivity contribution in [1.29, 1.82) is 0 Å². The summed E-state index contributed by atoms with van der Waals surface area (Å²) in [5.74, 6) is -0.638. The third kappa shape index (κ3) is 3.06. The predicted octanol–water partition coefficient (Wildman–Crippen LogP) is 4.38. The highest BCUT2D eigenvalue weighted by atomic mass is 35.5. The van der Waals surface area contributed by atoms with Gasteiger partial charge in [0.2, 0.25) is 5.76 Å². The number of methoxy groups -OCH3 is 1. The smallest absolute Gasteiger partial charge is 0.337 e. The van der Waals surface area contributed by atoms with Gasteiger partial charge in [-0.3, -0.25) is 14.5 Å². The molecule has 7 nitrogen and oxygen atoms in total. The Labute approximate surface area is 186 Å². The monoisotopic (exact) mass is 446 g/mol. The molecule has 0 fully saturated rings. The van der Waals surface area contributed by atoms with Crippen LogP contribution in [0.15, 0.2) is 76.1 Å². The van der Waals surface area contributed by atoms with Crippen molar-refractivity contribution in [2.45, 2.75) is 6.04 Å². The van der Waals surface area contributed by atoms with Crippen LogP contribution in [-0.2, 0) is 4.74 Å². The Morgan fingerprint density at radius 1 is 1.09 bits per heavy atom. The van der Waals surface area contributed by atoms with E-state index in [0.29, 0.717) is 22.0 Å². The molecular weight excluding hydrogens is 432 g/mol. The highest BCUT2D eigenvalue weighted by Crippen LogP contribution is 2.40. The molecule has 32 heavy (non-hydrogen) atoms. The molecule has 1 aliphatic rings. The maximum Gasteiger partial charge on any atom is 0.337 e. The van der Waals surface area contributed by atoms with Crippen molar-refractivity contribution in [1.82, 2.24) is 4.98 Å². The Hall–Kier alpha value is -3.97. The molecule has 158 valence electrons. The summed E-state index contributed by atoms with van der Waals surface area (Å²) in [6, 6.07) is 15.6. The zero-order valence-corrected chi connectivity index (χ0v) is 17.5. The van der Waals surface area contributed by atoms with E-state index in [1.165, 1.54) is 18.1 Å². The lowest BCUT2D eigenvalue weighted by atomic mass is 9.97. The van der Waals surface area contributed by atoms with Gasteiger partial charge in [-0.15, -0.1) is 0 Å². The van der Waals surface area contributed by atoms with E-state index >= 15 is 0 Å². The average Bonchev–Trinajstić information content (AvgIpc) is 3.12. The first kappa shape index (κ1) is 20.0. The molecule has 5 rings (SSSR count). The van der Waals surface area contributed by atoms with Crippen LogP contribution in [0.25, 0.3) is 11.0 Å². The summed E-state index contributed by atoms with van der Waals surface area (Å²) < 4.78 is 10.6. The van der Waals surface area contributed by atoms with Gasteiger partial charge in [0, 0.05) is 11.2 Å². The number of rotatable bonds is 3. The number of benzene rings is 2. The minimum atomic E-state index is -0.793. The van der Waals surface area contributed by atoms with Crippen molar-refractivity contribution in [2.24, 2.45) is 0 Å². The Kier molecular flexibility index (Phi) is 4.75. The number of carbonyl (C=O) groups excluding carboxylic acids is 2. The topological polar surface area (TPSA) is 89.7 Å².